The lowest BCUT2D eigenvalue weighted by atomic mass is 10.2. The van der Waals surface area contributed by atoms with Crippen LogP contribution in [0.25, 0.3) is 0 Å². The molecule has 96 valence electrons. The number of hydrogen-bond donors (Lipinski definition) is 1. The molecule has 0 aromatic rings. The second kappa shape index (κ2) is 6.42. The quantitative estimate of drug-likeness (QED) is 0.759. The van der Waals surface area contributed by atoms with Crippen molar-refractivity contribution >= 4 is 28.2 Å². The van der Waals surface area contributed by atoms with Crippen LogP contribution in [0, 0.1) is 0 Å². The Morgan fingerprint density at radius 1 is 1.50 bits per heavy atom. The van der Waals surface area contributed by atoms with Gasteiger partial charge in [-0.2, -0.15) is 0 Å². The molecule has 1 aliphatic rings. The first-order valence-electron chi connectivity index (χ1n) is 5.06. The summed E-state index contributed by atoms with van der Waals surface area (Å²) in [4.78, 5) is 13.2. The maximum absolute atomic E-state index is 11.7. The molecule has 1 amide bonds. The summed E-state index contributed by atoms with van der Waals surface area (Å²) in [5.41, 5.74) is 0. The largest absolute Gasteiger partial charge is 0.343 e. The van der Waals surface area contributed by atoms with Gasteiger partial charge in [-0.05, 0) is 19.4 Å². The van der Waals surface area contributed by atoms with Crippen molar-refractivity contribution in [3.05, 3.63) is 0 Å². The molecule has 7 heteroatoms. The fraction of sp³-hybridized carbons (Fsp3) is 0.889. The molecule has 0 unspecified atom stereocenters. The van der Waals surface area contributed by atoms with Gasteiger partial charge in [-0.15, -0.1) is 12.4 Å². The summed E-state index contributed by atoms with van der Waals surface area (Å²) in [5.74, 6) is 0.0262. The molecule has 1 aliphatic heterocycles. The normalized spacial score (nSPS) is 20.2. The van der Waals surface area contributed by atoms with Gasteiger partial charge in [-0.3, -0.25) is 4.79 Å². The maximum Gasteiger partial charge on any atom is 0.239 e. The van der Waals surface area contributed by atoms with E-state index in [9.17, 15) is 13.2 Å². The SMILES string of the molecule is CN(CCS(C)(=O)=O)C(=O)[C@@H]1CCCN1.Cl. The number of nitrogens with zero attached hydrogens (tertiary/aromatic N) is 1. The monoisotopic (exact) mass is 270 g/mol. The summed E-state index contributed by atoms with van der Waals surface area (Å²) in [6, 6.07) is -0.116. The third-order valence-corrected chi connectivity index (χ3v) is 3.46. The molecular formula is C9H19ClN2O3S. The van der Waals surface area contributed by atoms with Crippen molar-refractivity contribution in [2.45, 2.75) is 18.9 Å². The van der Waals surface area contributed by atoms with E-state index in [4.69, 9.17) is 0 Å². The Morgan fingerprint density at radius 2 is 2.12 bits per heavy atom. The van der Waals surface area contributed by atoms with Crippen molar-refractivity contribution in [2.75, 3.05) is 32.1 Å². The van der Waals surface area contributed by atoms with Crippen LogP contribution in [0.4, 0.5) is 0 Å². The summed E-state index contributed by atoms with van der Waals surface area (Å²) >= 11 is 0. The van der Waals surface area contributed by atoms with Crippen molar-refractivity contribution < 1.29 is 13.2 Å². The molecule has 5 nitrogen and oxygen atoms in total. The summed E-state index contributed by atoms with van der Waals surface area (Å²) in [5, 5.41) is 3.09. The Kier molecular flexibility index (Phi) is 6.28. The van der Waals surface area contributed by atoms with Gasteiger partial charge in [0.25, 0.3) is 0 Å². The van der Waals surface area contributed by atoms with E-state index in [1.165, 1.54) is 11.2 Å². The minimum Gasteiger partial charge on any atom is -0.343 e. The third-order valence-electron chi connectivity index (χ3n) is 2.53. The number of carbonyl (C=O) groups is 1. The molecule has 0 radical (unpaired) electrons. The molecule has 16 heavy (non-hydrogen) atoms. The van der Waals surface area contributed by atoms with Crippen molar-refractivity contribution in [1.29, 1.82) is 0 Å². The van der Waals surface area contributed by atoms with Crippen molar-refractivity contribution in [2.24, 2.45) is 0 Å². The highest BCUT2D eigenvalue weighted by Gasteiger charge is 2.25. The fourth-order valence-electron chi connectivity index (χ4n) is 1.57. The van der Waals surface area contributed by atoms with Gasteiger partial charge in [-0.25, -0.2) is 8.42 Å². The van der Waals surface area contributed by atoms with Gasteiger partial charge in [0, 0.05) is 19.8 Å². The highest BCUT2D eigenvalue weighted by molar-refractivity contribution is 7.90. The zero-order valence-electron chi connectivity index (χ0n) is 9.60. The number of halogens is 1. The number of amides is 1. The van der Waals surface area contributed by atoms with Crippen molar-refractivity contribution in [1.82, 2.24) is 10.2 Å². The van der Waals surface area contributed by atoms with Crippen LogP contribution in [0.15, 0.2) is 0 Å². The third kappa shape index (κ3) is 5.14. The Labute approximate surface area is 103 Å². The van der Waals surface area contributed by atoms with Crippen LogP contribution in [-0.4, -0.2) is 57.4 Å². The van der Waals surface area contributed by atoms with Crippen molar-refractivity contribution in [3.8, 4) is 0 Å². The van der Waals surface area contributed by atoms with Gasteiger partial charge in [0.15, 0.2) is 0 Å². The molecule has 0 aromatic carbocycles. The fourth-order valence-corrected chi connectivity index (χ4v) is 2.18. The Morgan fingerprint density at radius 3 is 2.56 bits per heavy atom. The van der Waals surface area contributed by atoms with E-state index < -0.39 is 9.84 Å². The van der Waals surface area contributed by atoms with Gasteiger partial charge in [-0.1, -0.05) is 0 Å². The lowest BCUT2D eigenvalue weighted by Crippen LogP contribution is -2.43. The van der Waals surface area contributed by atoms with Crippen LogP contribution in [-0.2, 0) is 14.6 Å². The summed E-state index contributed by atoms with van der Waals surface area (Å²) in [7, 11) is -1.34. The standard InChI is InChI=1S/C9H18N2O3S.ClH/c1-11(6-7-15(2,13)14)9(12)8-4-3-5-10-8;/h8,10H,3-7H2,1-2H3;1H/t8-;/m0./s1. The second-order valence-electron chi connectivity index (χ2n) is 4.04. The molecule has 1 saturated heterocycles. The van der Waals surface area contributed by atoms with E-state index in [1.807, 2.05) is 0 Å². The smallest absolute Gasteiger partial charge is 0.239 e. The average Bonchev–Trinajstić information content (AvgIpc) is 2.64. The number of likely N-dealkylation sites (N-methyl/N-ethyl adjacent to an activating group) is 1. The molecule has 1 fully saturated rings. The number of sulfone groups is 1. The molecule has 0 spiro atoms. The maximum atomic E-state index is 11.7. The Bertz CT molecular complexity index is 326. The van der Waals surface area contributed by atoms with Gasteiger partial charge in [0.2, 0.25) is 5.91 Å². The highest BCUT2D eigenvalue weighted by Crippen LogP contribution is 2.07. The molecule has 0 saturated carbocycles. The number of nitrogens with one attached hydrogen (secondary N) is 1. The van der Waals surface area contributed by atoms with E-state index >= 15 is 0 Å². The first-order chi connectivity index (χ1) is 6.90. The molecule has 0 aliphatic carbocycles. The number of hydrogen-bond acceptors (Lipinski definition) is 4. The molecule has 1 rings (SSSR count). The van der Waals surface area contributed by atoms with Gasteiger partial charge in [0.1, 0.15) is 9.84 Å². The zero-order valence-corrected chi connectivity index (χ0v) is 11.2. The van der Waals surface area contributed by atoms with E-state index in [0.717, 1.165) is 19.4 Å². The van der Waals surface area contributed by atoms with Crippen LogP contribution >= 0.6 is 12.4 Å². The molecule has 1 atom stereocenters. The van der Waals surface area contributed by atoms with E-state index in [0.29, 0.717) is 0 Å². The van der Waals surface area contributed by atoms with E-state index in [2.05, 4.69) is 5.32 Å². The Balaban J connectivity index is 0.00000225. The van der Waals surface area contributed by atoms with Crippen LogP contribution < -0.4 is 5.32 Å². The lowest BCUT2D eigenvalue weighted by Gasteiger charge is -2.20. The minimum absolute atomic E-state index is 0. The molecule has 0 bridgehead atoms. The van der Waals surface area contributed by atoms with Gasteiger partial charge < -0.3 is 10.2 Å². The summed E-state index contributed by atoms with van der Waals surface area (Å²) < 4.78 is 21.9. The topological polar surface area (TPSA) is 66.5 Å². The van der Waals surface area contributed by atoms with Crippen LogP contribution in [0.1, 0.15) is 12.8 Å². The first kappa shape index (κ1) is 15.7. The molecule has 1 N–H and O–H groups in total. The molecular weight excluding hydrogens is 252 g/mol. The minimum atomic E-state index is -2.99. The predicted molar refractivity (Wildman–Crippen MR) is 65.6 cm³/mol. The number of rotatable bonds is 4. The summed E-state index contributed by atoms with van der Waals surface area (Å²) in [6.07, 6.45) is 3.04. The van der Waals surface area contributed by atoms with Crippen LogP contribution in [0.5, 0.6) is 0 Å². The highest BCUT2D eigenvalue weighted by atomic mass is 35.5. The van der Waals surface area contributed by atoms with E-state index in [1.54, 1.807) is 7.05 Å². The lowest BCUT2D eigenvalue weighted by molar-refractivity contribution is -0.131. The average molecular weight is 271 g/mol. The van der Waals surface area contributed by atoms with Gasteiger partial charge >= 0.3 is 0 Å². The van der Waals surface area contributed by atoms with E-state index in [-0.39, 0.29) is 36.7 Å². The predicted octanol–water partition coefficient (Wildman–Crippen LogP) is -0.337. The Hall–Kier alpha value is -0.330. The second-order valence-corrected chi connectivity index (χ2v) is 6.30. The van der Waals surface area contributed by atoms with Crippen LogP contribution in [0.3, 0.4) is 0 Å². The zero-order chi connectivity index (χ0) is 11.5. The molecule has 1 heterocycles. The number of carbonyl (C=O) groups excluding carboxylic acids is 1. The molecule has 0 aromatic heterocycles. The van der Waals surface area contributed by atoms with Crippen molar-refractivity contribution in [3.63, 3.8) is 0 Å². The van der Waals surface area contributed by atoms with Crippen LogP contribution in [0.2, 0.25) is 0 Å². The summed E-state index contributed by atoms with van der Waals surface area (Å²) in [6.45, 7) is 1.15. The first-order valence-corrected chi connectivity index (χ1v) is 7.12. The van der Waals surface area contributed by atoms with Gasteiger partial charge in [0.05, 0.1) is 11.8 Å².